The lowest BCUT2D eigenvalue weighted by atomic mass is 9.92. The summed E-state index contributed by atoms with van der Waals surface area (Å²) in [6.07, 6.45) is 4.76. The van der Waals surface area contributed by atoms with Gasteiger partial charge >= 0.3 is 5.97 Å². The maximum absolute atomic E-state index is 11.7. The number of carboxylic acids is 1. The Morgan fingerprint density at radius 1 is 1.15 bits per heavy atom. The predicted molar refractivity (Wildman–Crippen MR) is 108 cm³/mol. The van der Waals surface area contributed by atoms with Crippen LogP contribution >= 0.6 is 11.6 Å². The molecule has 0 saturated heterocycles. The zero-order valence-electron chi connectivity index (χ0n) is 15.9. The van der Waals surface area contributed by atoms with Crippen molar-refractivity contribution in [1.82, 2.24) is 0 Å². The van der Waals surface area contributed by atoms with Gasteiger partial charge < -0.3 is 14.6 Å². The third kappa shape index (κ3) is 6.17. The fourth-order valence-electron chi connectivity index (χ4n) is 3.00. The molecule has 2 aromatic rings. The molecule has 0 aliphatic carbocycles. The third-order valence-corrected chi connectivity index (χ3v) is 4.75. The molecule has 0 fully saturated rings. The summed E-state index contributed by atoms with van der Waals surface area (Å²) in [5.41, 5.74) is 1.56. The topological polar surface area (TPSA) is 55.8 Å². The number of hydrogen-bond acceptors (Lipinski definition) is 3. The van der Waals surface area contributed by atoms with Crippen LogP contribution in [0.25, 0.3) is 0 Å². The maximum Gasteiger partial charge on any atom is 0.311 e. The van der Waals surface area contributed by atoms with Crippen molar-refractivity contribution in [2.75, 3.05) is 13.7 Å². The Labute approximate surface area is 166 Å². The Bertz CT molecular complexity index is 731. The van der Waals surface area contributed by atoms with E-state index < -0.39 is 11.9 Å². The van der Waals surface area contributed by atoms with E-state index in [-0.39, 0.29) is 0 Å². The quantitative estimate of drug-likeness (QED) is 0.498. The molecule has 2 aromatic carbocycles. The summed E-state index contributed by atoms with van der Waals surface area (Å²) < 4.78 is 11.3. The van der Waals surface area contributed by atoms with E-state index in [4.69, 9.17) is 21.1 Å². The summed E-state index contributed by atoms with van der Waals surface area (Å²) in [6, 6.07) is 12.8. The molecule has 1 N–H and O–H groups in total. The molecular weight excluding hydrogens is 364 g/mol. The van der Waals surface area contributed by atoms with Crippen molar-refractivity contribution < 1.29 is 19.4 Å². The normalized spacial score (nSPS) is 11.8. The standard InChI is InChI=1S/C22H27ClO4/c1-3-4-5-9-12-27-21-19(23)14-16(15-20(21)26-2)13-18(22(24)25)17-10-7-6-8-11-17/h6-8,10-11,14-15,18H,3-5,9,12-13H2,1-2H3,(H,24,25). The van der Waals surface area contributed by atoms with Gasteiger partial charge in [0.25, 0.3) is 0 Å². The number of benzene rings is 2. The second kappa shape index (κ2) is 10.8. The van der Waals surface area contributed by atoms with E-state index in [2.05, 4.69) is 6.92 Å². The molecule has 0 aromatic heterocycles. The average molecular weight is 391 g/mol. The number of carboxylic acid groups (broad SMARTS) is 1. The number of aliphatic carboxylic acids is 1. The van der Waals surface area contributed by atoms with Crippen LogP contribution in [0, 0.1) is 0 Å². The first-order valence-corrected chi connectivity index (χ1v) is 9.71. The van der Waals surface area contributed by atoms with Gasteiger partial charge in [0, 0.05) is 0 Å². The van der Waals surface area contributed by atoms with E-state index in [1.54, 1.807) is 13.2 Å². The summed E-state index contributed by atoms with van der Waals surface area (Å²) in [6.45, 7) is 2.75. The summed E-state index contributed by atoms with van der Waals surface area (Å²) in [5.74, 6) is -0.462. The van der Waals surface area contributed by atoms with Gasteiger partial charge in [-0.15, -0.1) is 0 Å². The number of methoxy groups -OCH3 is 1. The lowest BCUT2D eigenvalue weighted by molar-refractivity contribution is -0.138. The number of ether oxygens (including phenoxy) is 2. The minimum Gasteiger partial charge on any atom is -0.493 e. The van der Waals surface area contributed by atoms with Crippen LogP contribution in [0.2, 0.25) is 5.02 Å². The summed E-state index contributed by atoms with van der Waals surface area (Å²) in [5, 5.41) is 10.1. The Morgan fingerprint density at radius 2 is 1.89 bits per heavy atom. The van der Waals surface area contributed by atoms with E-state index in [0.29, 0.717) is 29.5 Å². The van der Waals surface area contributed by atoms with E-state index in [1.807, 2.05) is 36.4 Å². The molecule has 0 heterocycles. The fraction of sp³-hybridized carbons (Fsp3) is 0.409. The number of hydrogen-bond donors (Lipinski definition) is 1. The fourth-order valence-corrected chi connectivity index (χ4v) is 3.29. The van der Waals surface area contributed by atoms with E-state index in [9.17, 15) is 9.90 Å². The Hall–Kier alpha value is -2.20. The molecule has 4 nitrogen and oxygen atoms in total. The van der Waals surface area contributed by atoms with Crippen LogP contribution in [-0.4, -0.2) is 24.8 Å². The highest BCUT2D eigenvalue weighted by Crippen LogP contribution is 2.38. The van der Waals surface area contributed by atoms with Gasteiger partial charge in [-0.3, -0.25) is 4.79 Å². The number of halogens is 1. The molecule has 27 heavy (non-hydrogen) atoms. The largest absolute Gasteiger partial charge is 0.493 e. The number of rotatable bonds is 11. The van der Waals surface area contributed by atoms with Gasteiger partial charge in [-0.25, -0.2) is 0 Å². The Morgan fingerprint density at radius 3 is 2.52 bits per heavy atom. The third-order valence-electron chi connectivity index (χ3n) is 4.47. The van der Waals surface area contributed by atoms with E-state index in [0.717, 1.165) is 24.0 Å². The minimum atomic E-state index is -0.868. The van der Waals surface area contributed by atoms with Crippen molar-refractivity contribution >= 4 is 17.6 Å². The first kappa shape index (κ1) is 21.1. The molecule has 146 valence electrons. The van der Waals surface area contributed by atoms with Gasteiger partial charge in [-0.2, -0.15) is 0 Å². The molecule has 0 aliphatic rings. The van der Waals surface area contributed by atoms with Crippen molar-refractivity contribution in [3.63, 3.8) is 0 Å². The van der Waals surface area contributed by atoms with Crippen LogP contribution in [0.15, 0.2) is 42.5 Å². The summed E-state index contributed by atoms with van der Waals surface area (Å²) >= 11 is 6.41. The highest BCUT2D eigenvalue weighted by molar-refractivity contribution is 6.32. The van der Waals surface area contributed by atoms with Gasteiger partial charge in [-0.1, -0.05) is 68.1 Å². The number of unbranched alkanes of at least 4 members (excludes halogenated alkanes) is 3. The van der Waals surface area contributed by atoms with E-state index >= 15 is 0 Å². The molecule has 2 rings (SSSR count). The predicted octanol–water partition coefficient (Wildman–Crippen LogP) is 5.72. The van der Waals surface area contributed by atoms with Crippen LogP contribution in [0.3, 0.4) is 0 Å². The van der Waals surface area contributed by atoms with Gasteiger partial charge in [-0.05, 0) is 36.1 Å². The molecule has 0 aliphatic heterocycles. The van der Waals surface area contributed by atoms with Gasteiger partial charge in [0.1, 0.15) is 0 Å². The molecule has 5 heteroatoms. The Balaban J connectivity index is 2.15. The molecule has 0 radical (unpaired) electrons. The first-order valence-electron chi connectivity index (χ1n) is 9.33. The lowest BCUT2D eigenvalue weighted by Gasteiger charge is -2.17. The molecule has 0 saturated carbocycles. The van der Waals surface area contributed by atoms with E-state index in [1.165, 1.54) is 12.8 Å². The SMILES string of the molecule is CCCCCCOc1c(Cl)cc(CC(C(=O)O)c2ccccc2)cc1OC. The van der Waals surface area contributed by atoms with Crippen molar-refractivity contribution in [1.29, 1.82) is 0 Å². The lowest BCUT2D eigenvalue weighted by Crippen LogP contribution is -2.14. The zero-order valence-corrected chi connectivity index (χ0v) is 16.7. The van der Waals surface area contributed by atoms with Crippen LogP contribution in [0.1, 0.15) is 49.7 Å². The molecule has 0 amide bonds. The molecular formula is C22H27ClO4. The average Bonchev–Trinajstić information content (AvgIpc) is 2.67. The zero-order chi connectivity index (χ0) is 19.6. The second-order valence-corrected chi connectivity index (χ2v) is 6.93. The first-order chi connectivity index (χ1) is 13.1. The van der Waals surface area contributed by atoms with Gasteiger partial charge in [0.15, 0.2) is 11.5 Å². The van der Waals surface area contributed by atoms with Gasteiger partial charge in [0.05, 0.1) is 24.7 Å². The van der Waals surface area contributed by atoms with Gasteiger partial charge in [0.2, 0.25) is 0 Å². The maximum atomic E-state index is 11.7. The minimum absolute atomic E-state index is 0.326. The Kier molecular flexibility index (Phi) is 8.46. The van der Waals surface area contributed by atoms with Crippen molar-refractivity contribution in [2.24, 2.45) is 0 Å². The van der Waals surface area contributed by atoms with Crippen molar-refractivity contribution in [3.8, 4) is 11.5 Å². The monoisotopic (exact) mass is 390 g/mol. The second-order valence-electron chi connectivity index (χ2n) is 6.52. The van der Waals surface area contributed by atoms with Crippen LogP contribution in [0.5, 0.6) is 11.5 Å². The van der Waals surface area contributed by atoms with Crippen LogP contribution in [-0.2, 0) is 11.2 Å². The highest BCUT2D eigenvalue weighted by atomic mass is 35.5. The smallest absolute Gasteiger partial charge is 0.311 e. The molecule has 0 spiro atoms. The molecule has 1 atom stereocenters. The summed E-state index contributed by atoms with van der Waals surface area (Å²) in [4.78, 5) is 11.7. The van der Waals surface area contributed by atoms with Crippen molar-refractivity contribution in [3.05, 3.63) is 58.6 Å². The van der Waals surface area contributed by atoms with Crippen LogP contribution < -0.4 is 9.47 Å². The summed E-state index contributed by atoms with van der Waals surface area (Å²) in [7, 11) is 1.56. The van der Waals surface area contributed by atoms with Crippen LogP contribution in [0.4, 0.5) is 0 Å². The number of carbonyl (C=O) groups is 1. The molecule has 1 unspecified atom stereocenters. The highest BCUT2D eigenvalue weighted by Gasteiger charge is 2.22. The molecule has 0 bridgehead atoms. The van der Waals surface area contributed by atoms with Crippen molar-refractivity contribution in [2.45, 2.75) is 44.9 Å².